The van der Waals surface area contributed by atoms with Crippen LogP contribution in [-0.4, -0.2) is 15.2 Å². The lowest BCUT2D eigenvalue weighted by Gasteiger charge is -2.10. The van der Waals surface area contributed by atoms with E-state index < -0.39 is 0 Å². The molecule has 3 aromatic rings. The molecule has 0 aliphatic carbocycles. The van der Waals surface area contributed by atoms with E-state index in [1.165, 1.54) is 11.1 Å². The predicted molar refractivity (Wildman–Crippen MR) is 98.5 cm³/mol. The second-order valence-corrected chi connectivity index (χ2v) is 6.19. The molecule has 6 heteroatoms. The Kier molecular flexibility index (Phi) is 4.62. The Morgan fingerprint density at radius 3 is 2.38 bits per heavy atom. The molecule has 0 aliphatic heterocycles. The first-order valence-corrected chi connectivity index (χ1v) is 7.95. The molecule has 2 aromatic carbocycles. The molecule has 0 bridgehead atoms. The molecule has 0 saturated heterocycles. The Hall–Kier alpha value is -2.66. The zero-order valence-electron chi connectivity index (χ0n) is 13.8. The lowest BCUT2D eigenvalue weighted by Crippen LogP contribution is -2.03. The third-order valence-electron chi connectivity index (χ3n) is 3.49. The number of halogens is 1. The van der Waals surface area contributed by atoms with Gasteiger partial charge in [0.25, 0.3) is 0 Å². The van der Waals surface area contributed by atoms with Crippen molar-refractivity contribution in [3.63, 3.8) is 0 Å². The molecule has 0 saturated carbocycles. The van der Waals surface area contributed by atoms with Crippen molar-refractivity contribution in [1.29, 1.82) is 0 Å². The number of nitrogens with zero attached hydrogens (tertiary/aromatic N) is 3. The highest BCUT2D eigenvalue weighted by Crippen LogP contribution is 2.23. The lowest BCUT2D eigenvalue weighted by molar-refractivity contribution is 0.982. The van der Waals surface area contributed by atoms with Gasteiger partial charge >= 0.3 is 0 Å². The molecule has 2 N–H and O–H groups in total. The van der Waals surface area contributed by atoms with Gasteiger partial charge in [-0.3, -0.25) is 0 Å². The van der Waals surface area contributed by atoms with Gasteiger partial charge in [-0.2, -0.15) is 10.1 Å². The van der Waals surface area contributed by atoms with Crippen LogP contribution in [0.4, 0.5) is 23.1 Å². The number of hydrogen-bond donors (Lipinski definition) is 2. The molecule has 5 nitrogen and oxygen atoms in total. The van der Waals surface area contributed by atoms with Crippen LogP contribution < -0.4 is 10.6 Å². The first kappa shape index (κ1) is 16.2. The molecular formula is C18H18ClN5. The van der Waals surface area contributed by atoms with Crippen LogP contribution in [0.15, 0.2) is 42.6 Å². The largest absolute Gasteiger partial charge is 0.339 e. The van der Waals surface area contributed by atoms with Crippen molar-refractivity contribution in [3.8, 4) is 0 Å². The number of aromatic nitrogens is 3. The first-order valence-electron chi connectivity index (χ1n) is 7.58. The van der Waals surface area contributed by atoms with Gasteiger partial charge in [0.1, 0.15) is 0 Å². The molecule has 0 atom stereocenters. The zero-order chi connectivity index (χ0) is 17.1. The number of benzene rings is 2. The van der Waals surface area contributed by atoms with Crippen molar-refractivity contribution in [2.24, 2.45) is 0 Å². The highest BCUT2D eigenvalue weighted by atomic mass is 35.5. The van der Waals surface area contributed by atoms with Gasteiger partial charge in [-0.1, -0.05) is 17.7 Å². The summed E-state index contributed by atoms with van der Waals surface area (Å²) in [5, 5.41) is 15.2. The molecule has 0 amide bonds. The molecule has 0 spiro atoms. The maximum atomic E-state index is 5.99. The van der Waals surface area contributed by atoms with E-state index in [-0.39, 0.29) is 0 Å². The van der Waals surface area contributed by atoms with Gasteiger partial charge in [0, 0.05) is 16.4 Å². The molecule has 24 heavy (non-hydrogen) atoms. The Bertz CT molecular complexity index is 859. The van der Waals surface area contributed by atoms with Crippen LogP contribution in [0.25, 0.3) is 0 Å². The SMILES string of the molecule is Cc1cc(C)cc(Nc2nncc(Nc3ccc(Cl)cc3C)n2)c1. The second-order valence-electron chi connectivity index (χ2n) is 5.75. The van der Waals surface area contributed by atoms with Crippen molar-refractivity contribution in [1.82, 2.24) is 15.2 Å². The molecule has 0 unspecified atom stereocenters. The van der Waals surface area contributed by atoms with E-state index in [2.05, 4.69) is 45.7 Å². The summed E-state index contributed by atoms with van der Waals surface area (Å²) in [6.07, 6.45) is 1.58. The van der Waals surface area contributed by atoms with Crippen LogP contribution in [-0.2, 0) is 0 Å². The maximum Gasteiger partial charge on any atom is 0.249 e. The van der Waals surface area contributed by atoms with Gasteiger partial charge in [-0.05, 0) is 67.8 Å². The van der Waals surface area contributed by atoms with E-state index in [9.17, 15) is 0 Å². The van der Waals surface area contributed by atoms with Gasteiger partial charge in [0.2, 0.25) is 5.95 Å². The van der Waals surface area contributed by atoms with Crippen LogP contribution in [0.5, 0.6) is 0 Å². The summed E-state index contributed by atoms with van der Waals surface area (Å²) >= 11 is 5.99. The summed E-state index contributed by atoms with van der Waals surface area (Å²) in [5.41, 5.74) is 5.25. The zero-order valence-corrected chi connectivity index (χ0v) is 14.5. The van der Waals surface area contributed by atoms with Crippen molar-refractivity contribution in [2.45, 2.75) is 20.8 Å². The molecule has 3 rings (SSSR count). The van der Waals surface area contributed by atoms with Gasteiger partial charge in [-0.25, -0.2) is 0 Å². The molecule has 0 aliphatic rings. The molecule has 0 fully saturated rings. The number of rotatable bonds is 4. The van der Waals surface area contributed by atoms with E-state index in [1.54, 1.807) is 6.20 Å². The van der Waals surface area contributed by atoms with Gasteiger partial charge in [0.15, 0.2) is 5.82 Å². The maximum absolute atomic E-state index is 5.99. The highest BCUT2D eigenvalue weighted by Gasteiger charge is 2.05. The lowest BCUT2D eigenvalue weighted by atomic mass is 10.1. The van der Waals surface area contributed by atoms with Crippen molar-refractivity contribution in [3.05, 3.63) is 64.3 Å². The molecular weight excluding hydrogens is 322 g/mol. The topological polar surface area (TPSA) is 62.7 Å². The summed E-state index contributed by atoms with van der Waals surface area (Å²) in [4.78, 5) is 4.46. The number of anilines is 4. The Labute approximate surface area is 146 Å². The summed E-state index contributed by atoms with van der Waals surface area (Å²) in [6.45, 7) is 6.09. The summed E-state index contributed by atoms with van der Waals surface area (Å²) in [5.74, 6) is 1.05. The van der Waals surface area contributed by atoms with Gasteiger partial charge in [0.05, 0.1) is 6.20 Å². The minimum absolute atomic E-state index is 0.441. The average molecular weight is 340 g/mol. The van der Waals surface area contributed by atoms with Crippen LogP contribution in [0.2, 0.25) is 5.02 Å². The molecule has 122 valence electrons. The van der Waals surface area contributed by atoms with E-state index in [0.29, 0.717) is 16.8 Å². The number of nitrogens with one attached hydrogen (secondary N) is 2. The van der Waals surface area contributed by atoms with E-state index >= 15 is 0 Å². The fourth-order valence-corrected chi connectivity index (χ4v) is 2.72. The second kappa shape index (κ2) is 6.84. The Balaban J connectivity index is 1.81. The number of hydrogen-bond acceptors (Lipinski definition) is 5. The quantitative estimate of drug-likeness (QED) is 0.705. The number of aryl methyl sites for hydroxylation is 3. The molecule has 1 aromatic heterocycles. The van der Waals surface area contributed by atoms with Crippen molar-refractivity contribution < 1.29 is 0 Å². The normalized spacial score (nSPS) is 10.5. The fourth-order valence-electron chi connectivity index (χ4n) is 2.50. The summed E-state index contributed by atoms with van der Waals surface area (Å²) in [6, 6.07) is 11.8. The van der Waals surface area contributed by atoms with Crippen LogP contribution in [0, 0.1) is 20.8 Å². The Morgan fingerprint density at radius 1 is 0.917 bits per heavy atom. The van der Waals surface area contributed by atoms with Crippen molar-refractivity contribution in [2.75, 3.05) is 10.6 Å². The minimum atomic E-state index is 0.441. The smallest absolute Gasteiger partial charge is 0.249 e. The standard InChI is InChI=1S/C18H18ClN5/c1-11-6-12(2)8-15(7-11)21-18-23-17(10-20-24-18)22-16-5-4-14(19)9-13(16)3/h4-10H,1-3H3,(H2,21,22,23,24). The van der Waals surface area contributed by atoms with Crippen LogP contribution in [0.3, 0.4) is 0 Å². The first-order chi connectivity index (χ1) is 11.5. The predicted octanol–water partition coefficient (Wildman–Crippen LogP) is 4.94. The van der Waals surface area contributed by atoms with E-state index in [0.717, 1.165) is 16.9 Å². The van der Waals surface area contributed by atoms with Crippen molar-refractivity contribution >= 4 is 34.7 Å². The van der Waals surface area contributed by atoms with Crippen LogP contribution in [0.1, 0.15) is 16.7 Å². The van der Waals surface area contributed by atoms with E-state index in [4.69, 9.17) is 11.6 Å². The highest BCUT2D eigenvalue weighted by molar-refractivity contribution is 6.30. The van der Waals surface area contributed by atoms with Crippen LogP contribution >= 0.6 is 11.6 Å². The molecule has 0 radical (unpaired) electrons. The summed E-state index contributed by atoms with van der Waals surface area (Å²) in [7, 11) is 0. The monoisotopic (exact) mass is 339 g/mol. The third-order valence-corrected chi connectivity index (χ3v) is 3.72. The van der Waals surface area contributed by atoms with Gasteiger partial charge < -0.3 is 10.6 Å². The van der Waals surface area contributed by atoms with Gasteiger partial charge in [-0.15, -0.1) is 5.10 Å². The fraction of sp³-hybridized carbons (Fsp3) is 0.167. The Morgan fingerprint density at radius 2 is 1.67 bits per heavy atom. The van der Waals surface area contributed by atoms with E-state index in [1.807, 2.05) is 37.3 Å². The third kappa shape index (κ3) is 4.00. The summed E-state index contributed by atoms with van der Waals surface area (Å²) < 4.78 is 0. The average Bonchev–Trinajstić information content (AvgIpc) is 2.49. The minimum Gasteiger partial charge on any atom is -0.339 e. The molecule has 1 heterocycles.